The fourth-order valence-electron chi connectivity index (χ4n) is 9.94. The van der Waals surface area contributed by atoms with Crippen molar-refractivity contribution in [3.05, 3.63) is 237 Å². The third-order valence-electron chi connectivity index (χ3n) is 12.9. The van der Waals surface area contributed by atoms with E-state index in [0.29, 0.717) is 0 Å². The number of para-hydroxylation sites is 3. The van der Waals surface area contributed by atoms with Crippen LogP contribution < -0.4 is 0 Å². The maximum atomic E-state index is 5.20. The first kappa shape index (κ1) is 36.8. The second-order valence-corrected chi connectivity index (χ2v) is 16.6. The van der Waals surface area contributed by atoms with Gasteiger partial charge in [-0.15, -0.1) is 0 Å². The molecule has 65 heavy (non-hydrogen) atoms. The summed E-state index contributed by atoms with van der Waals surface area (Å²) in [6, 6.07) is 80.5. The maximum Gasteiger partial charge on any atom is 0.145 e. The Morgan fingerprint density at radius 2 is 0.969 bits per heavy atom. The fourth-order valence-corrected chi connectivity index (χ4v) is 9.94. The van der Waals surface area contributed by atoms with Crippen LogP contribution >= 0.6 is 0 Å². The number of rotatable bonds is 7. The Morgan fingerprint density at radius 1 is 0.354 bits per heavy atom. The molecule has 0 aliphatic carbocycles. The first-order valence-corrected chi connectivity index (χ1v) is 22.1. The highest BCUT2D eigenvalue weighted by Gasteiger charge is 2.24. The zero-order chi connectivity index (χ0) is 42.8. The molecule has 0 fully saturated rings. The second-order valence-electron chi connectivity index (χ2n) is 16.6. The minimum Gasteiger partial charge on any atom is -0.308 e. The summed E-state index contributed by atoms with van der Waals surface area (Å²) in [7, 11) is 0. The molecule has 4 aromatic heterocycles. The van der Waals surface area contributed by atoms with Gasteiger partial charge in [0.25, 0.3) is 0 Å². The van der Waals surface area contributed by atoms with E-state index < -0.39 is 0 Å². The zero-order valence-electron chi connectivity index (χ0n) is 35.3. The monoisotopic (exact) mass is 829 g/mol. The van der Waals surface area contributed by atoms with Crippen LogP contribution in [0.25, 0.3) is 117 Å². The SMILES string of the molecule is c1ccc(-c2c(-c3ccccc3)n(-c3ccc(-c4nc5ccccc5n4-c4ccccc4)cc3)c3c2ccc2c4cccc(-c5ccc(-c6cn7ccccc7n6)cc5)c4ccc23)cc1. The summed E-state index contributed by atoms with van der Waals surface area (Å²) in [5, 5.41) is 6.05. The van der Waals surface area contributed by atoms with Crippen LogP contribution in [0.3, 0.4) is 0 Å². The molecule has 304 valence electrons. The summed E-state index contributed by atoms with van der Waals surface area (Å²) < 4.78 is 6.82. The van der Waals surface area contributed by atoms with Crippen LogP contribution in [0.4, 0.5) is 0 Å². The van der Waals surface area contributed by atoms with Crippen molar-refractivity contribution in [3.8, 4) is 67.5 Å². The molecule has 9 aromatic carbocycles. The van der Waals surface area contributed by atoms with E-state index in [1.807, 2.05) is 24.4 Å². The van der Waals surface area contributed by atoms with Crippen LogP contribution in [-0.4, -0.2) is 23.5 Å². The van der Waals surface area contributed by atoms with Gasteiger partial charge < -0.3 is 8.97 Å². The number of fused-ring (bicyclic) bond motifs is 7. The Morgan fingerprint density at radius 3 is 1.75 bits per heavy atom. The molecule has 0 bridgehead atoms. The van der Waals surface area contributed by atoms with Crippen molar-refractivity contribution in [2.75, 3.05) is 0 Å². The highest BCUT2D eigenvalue weighted by Crippen LogP contribution is 2.47. The molecule has 5 nitrogen and oxygen atoms in total. The van der Waals surface area contributed by atoms with Crippen molar-refractivity contribution in [3.63, 3.8) is 0 Å². The topological polar surface area (TPSA) is 40.0 Å². The van der Waals surface area contributed by atoms with Gasteiger partial charge in [-0.2, -0.15) is 0 Å². The van der Waals surface area contributed by atoms with Gasteiger partial charge in [0.15, 0.2) is 0 Å². The Balaban J connectivity index is 1.01. The van der Waals surface area contributed by atoms with Crippen molar-refractivity contribution in [1.29, 1.82) is 0 Å². The quantitative estimate of drug-likeness (QED) is 0.150. The molecular weight excluding hydrogens is 791 g/mol. The minimum atomic E-state index is 0.909. The number of benzene rings is 9. The Hall–Kier alpha value is -8.80. The number of imidazole rings is 2. The molecule has 0 aliphatic heterocycles. The summed E-state index contributed by atoms with van der Waals surface area (Å²) in [4.78, 5) is 10.1. The minimum absolute atomic E-state index is 0.909. The van der Waals surface area contributed by atoms with Crippen LogP contribution in [0.15, 0.2) is 237 Å². The van der Waals surface area contributed by atoms with Gasteiger partial charge in [-0.1, -0.05) is 164 Å². The molecule has 0 saturated carbocycles. The molecule has 0 radical (unpaired) electrons. The Bertz CT molecular complexity index is 3870. The van der Waals surface area contributed by atoms with Gasteiger partial charge in [0, 0.05) is 51.2 Å². The van der Waals surface area contributed by atoms with Crippen LogP contribution in [0.2, 0.25) is 0 Å². The van der Waals surface area contributed by atoms with Gasteiger partial charge in [-0.05, 0) is 99.1 Å². The smallest absolute Gasteiger partial charge is 0.145 e. The van der Waals surface area contributed by atoms with Gasteiger partial charge in [-0.25, -0.2) is 9.97 Å². The van der Waals surface area contributed by atoms with Crippen LogP contribution in [-0.2, 0) is 0 Å². The van der Waals surface area contributed by atoms with E-state index in [9.17, 15) is 0 Å². The van der Waals surface area contributed by atoms with E-state index in [1.165, 1.54) is 54.7 Å². The molecule has 0 atom stereocenters. The van der Waals surface area contributed by atoms with E-state index in [-0.39, 0.29) is 0 Å². The summed E-state index contributed by atoms with van der Waals surface area (Å²) in [6.45, 7) is 0. The number of nitrogens with zero attached hydrogens (tertiary/aromatic N) is 5. The molecule has 0 amide bonds. The fraction of sp³-hybridized carbons (Fsp3) is 0. The molecule has 13 aromatic rings. The number of pyridine rings is 1. The number of hydrogen-bond acceptors (Lipinski definition) is 2. The third kappa shape index (κ3) is 6.01. The number of hydrogen-bond donors (Lipinski definition) is 0. The molecule has 0 unspecified atom stereocenters. The lowest BCUT2D eigenvalue weighted by Gasteiger charge is -2.16. The summed E-state index contributed by atoms with van der Waals surface area (Å²) in [5.41, 5.74) is 16.5. The second kappa shape index (κ2) is 14.9. The molecule has 0 aliphatic rings. The maximum absolute atomic E-state index is 5.20. The lowest BCUT2D eigenvalue weighted by molar-refractivity contribution is 1.10. The summed E-state index contributed by atoms with van der Waals surface area (Å²) in [5.74, 6) is 0.909. The highest BCUT2D eigenvalue weighted by atomic mass is 15.1. The lowest BCUT2D eigenvalue weighted by atomic mass is 9.92. The molecule has 13 rings (SSSR count). The number of aromatic nitrogens is 5. The molecule has 0 N–H and O–H groups in total. The normalized spacial score (nSPS) is 11.7. The zero-order valence-corrected chi connectivity index (χ0v) is 35.3. The Kier molecular flexibility index (Phi) is 8.46. The first-order valence-electron chi connectivity index (χ1n) is 22.1. The molecule has 5 heteroatoms. The average molecular weight is 830 g/mol. The van der Waals surface area contributed by atoms with Crippen molar-refractivity contribution in [2.24, 2.45) is 0 Å². The van der Waals surface area contributed by atoms with Gasteiger partial charge >= 0.3 is 0 Å². The standard InChI is InChI=1S/C60H39N5/c1-4-15-42(16-5-1)57-52-37-35-50-48-22-14-21-47(40-26-28-41(29-27-40)54-39-63-38-13-12-25-56(63)61-54)49(48)34-36-51(50)59(52)65(58(57)43-17-6-2-7-18-43)46-32-30-44(31-33-46)60-62-53-23-10-11-24-55(53)64(60)45-19-8-3-9-20-45/h1-39H. The van der Waals surface area contributed by atoms with Crippen molar-refractivity contribution >= 4 is 49.1 Å². The van der Waals surface area contributed by atoms with E-state index >= 15 is 0 Å². The summed E-state index contributed by atoms with van der Waals surface area (Å²) >= 11 is 0. The lowest BCUT2D eigenvalue weighted by Crippen LogP contribution is -2.00. The van der Waals surface area contributed by atoms with Crippen LogP contribution in [0.1, 0.15) is 0 Å². The molecule has 0 saturated heterocycles. The Labute approximate surface area is 375 Å². The third-order valence-corrected chi connectivity index (χ3v) is 12.9. The van der Waals surface area contributed by atoms with Gasteiger partial charge in [0.2, 0.25) is 0 Å². The predicted octanol–water partition coefficient (Wildman–Crippen LogP) is 15.3. The van der Waals surface area contributed by atoms with E-state index in [0.717, 1.165) is 62.0 Å². The van der Waals surface area contributed by atoms with Crippen molar-refractivity contribution < 1.29 is 0 Å². The van der Waals surface area contributed by atoms with E-state index in [1.54, 1.807) is 0 Å². The van der Waals surface area contributed by atoms with Crippen LogP contribution in [0.5, 0.6) is 0 Å². The highest BCUT2D eigenvalue weighted by molar-refractivity contribution is 6.22. The average Bonchev–Trinajstić information content (AvgIpc) is 4.10. The van der Waals surface area contributed by atoms with Crippen LogP contribution in [0, 0.1) is 0 Å². The van der Waals surface area contributed by atoms with Gasteiger partial charge in [-0.3, -0.25) is 4.57 Å². The predicted molar refractivity (Wildman–Crippen MR) is 269 cm³/mol. The van der Waals surface area contributed by atoms with Gasteiger partial charge in [0.05, 0.1) is 27.9 Å². The largest absolute Gasteiger partial charge is 0.308 e. The van der Waals surface area contributed by atoms with Crippen molar-refractivity contribution in [2.45, 2.75) is 0 Å². The summed E-state index contributed by atoms with van der Waals surface area (Å²) in [6.07, 6.45) is 4.13. The van der Waals surface area contributed by atoms with E-state index in [4.69, 9.17) is 9.97 Å². The molecule has 0 spiro atoms. The van der Waals surface area contributed by atoms with Crippen molar-refractivity contribution in [1.82, 2.24) is 23.5 Å². The van der Waals surface area contributed by atoms with E-state index in [2.05, 4.69) is 226 Å². The molecule has 4 heterocycles. The first-order chi connectivity index (χ1) is 32.2. The van der Waals surface area contributed by atoms with Gasteiger partial charge in [0.1, 0.15) is 11.5 Å². The molecular formula is C60H39N5.